The molecule has 0 bridgehead atoms. The van der Waals surface area contributed by atoms with E-state index in [0.29, 0.717) is 39.8 Å². The lowest BCUT2D eigenvalue weighted by Gasteiger charge is -2.21. The first-order valence-electron chi connectivity index (χ1n) is 13.2. The summed E-state index contributed by atoms with van der Waals surface area (Å²) in [5, 5.41) is 1.75. The molecule has 0 spiro atoms. The lowest BCUT2D eigenvalue weighted by molar-refractivity contribution is 0.669. The van der Waals surface area contributed by atoms with E-state index in [0.717, 1.165) is 27.5 Å². The third-order valence-electron chi connectivity index (χ3n) is 7.43. The Kier molecular flexibility index (Phi) is 6.39. The SMILES string of the molecule is [B]c1c([B])c([B])c(-c2ccc3c(c2)oc2cccc(-c4nc(-c5ccccc5)nc(-c5ccccc5)n4)c23)c([B])c1[B]. The molecule has 0 aliphatic rings. The molecular formula is C33H16B5N3O. The van der Waals surface area contributed by atoms with Crippen LogP contribution in [0.15, 0.2) is 101 Å². The Labute approximate surface area is 249 Å². The molecule has 9 heteroatoms. The fourth-order valence-electron chi connectivity index (χ4n) is 5.26. The van der Waals surface area contributed by atoms with Gasteiger partial charge in [-0.1, -0.05) is 89.8 Å². The van der Waals surface area contributed by atoms with Crippen LogP contribution in [0, 0.1) is 0 Å². The Morgan fingerprint density at radius 1 is 0.452 bits per heavy atom. The van der Waals surface area contributed by atoms with Crippen molar-refractivity contribution in [2.45, 2.75) is 0 Å². The van der Waals surface area contributed by atoms with Gasteiger partial charge in [-0.05, 0) is 29.3 Å². The summed E-state index contributed by atoms with van der Waals surface area (Å²) in [5.74, 6) is 1.69. The van der Waals surface area contributed by atoms with Crippen molar-refractivity contribution in [3.8, 4) is 45.3 Å². The first-order valence-corrected chi connectivity index (χ1v) is 13.2. The van der Waals surface area contributed by atoms with E-state index in [9.17, 15) is 0 Å². The normalized spacial score (nSPS) is 11.3. The van der Waals surface area contributed by atoms with Gasteiger partial charge >= 0.3 is 0 Å². The molecule has 7 rings (SSSR count). The summed E-state index contributed by atoms with van der Waals surface area (Å²) < 4.78 is 6.33. The van der Waals surface area contributed by atoms with Crippen molar-refractivity contribution in [2.75, 3.05) is 0 Å². The maximum Gasteiger partial charge on any atom is 0.164 e. The smallest absolute Gasteiger partial charge is 0.164 e. The molecular weight excluding hydrogens is 508 g/mol. The van der Waals surface area contributed by atoms with Gasteiger partial charge in [0.2, 0.25) is 0 Å². The number of rotatable bonds is 4. The lowest BCUT2D eigenvalue weighted by Crippen LogP contribution is -2.55. The molecule has 7 aromatic rings. The van der Waals surface area contributed by atoms with Crippen LogP contribution < -0.4 is 27.3 Å². The van der Waals surface area contributed by atoms with Crippen molar-refractivity contribution < 1.29 is 4.42 Å². The van der Waals surface area contributed by atoms with Gasteiger partial charge in [-0.25, -0.2) is 15.0 Å². The Bertz CT molecular complexity index is 2060. The van der Waals surface area contributed by atoms with Crippen LogP contribution in [0.25, 0.3) is 67.2 Å². The van der Waals surface area contributed by atoms with Crippen molar-refractivity contribution in [2.24, 2.45) is 0 Å². The molecule has 42 heavy (non-hydrogen) atoms. The highest BCUT2D eigenvalue weighted by molar-refractivity contribution is 6.68. The van der Waals surface area contributed by atoms with Crippen LogP contribution in [-0.4, -0.2) is 54.2 Å². The summed E-state index contributed by atoms with van der Waals surface area (Å²) in [5.41, 5.74) is 6.22. The average molecular weight is 525 g/mol. The second-order valence-electron chi connectivity index (χ2n) is 9.97. The number of hydrogen-bond donors (Lipinski definition) is 0. The number of aromatic nitrogens is 3. The van der Waals surface area contributed by atoms with Crippen molar-refractivity contribution >= 4 is 88.5 Å². The van der Waals surface area contributed by atoms with Crippen molar-refractivity contribution in [1.82, 2.24) is 15.0 Å². The van der Waals surface area contributed by atoms with Gasteiger partial charge in [0.25, 0.3) is 0 Å². The average Bonchev–Trinajstić information content (AvgIpc) is 3.42. The molecule has 0 saturated heterocycles. The summed E-state index contributed by atoms with van der Waals surface area (Å²) in [7, 11) is 30.9. The third kappa shape index (κ3) is 4.28. The topological polar surface area (TPSA) is 51.8 Å². The second kappa shape index (κ2) is 10.3. The molecule has 0 fully saturated rings. The molecule has 5 aromatic carbocycles. The fraction of sp³-hybridized carbons (Fsp3) is 0. The molecule has 2 heterocycles. The van der Waals surface area contributed by atoms with Gasteiger partial charge in [-0.3, -0.25) is 0 Å². The minimum Gasteiger partial charge on any atom is -0.456 e. The highest BCUT2D eigenvalue weighted by Crippen LogP contribution is 2.37. The molecule has 0 unspecified atom stereocenters. The number of benzene rings is 5. The zero-order chi connectivity index (χ0) is 29.0. The zero-order valence-corrected chi connectivity index (χ0v) is 22.4. The molecule has 0 saturated carbocycles. The van der Waals surface area contributed by atoms with E-state index in [2.05, 4.69) is 0 Å². The molecule has 0 amide bonds. The molecule has 0 N–H and O–H groups in total. The highest BCUT2D eigenvalue weighted by Gasteiger charge is 2.19. The van der Waals surface area contributed by atoms with Gasteiger partial charge in [-0.2, -0.15) is 0 Å². The Hall–Kier alpha value is -4.77. The van der Waals surface area contributed by atoms with E-state index in [-0.39, 0.29) is 27.3 Å². The maximum atomic E-state index is 6.34. The van der Waals surface area contributed by atoms with Crippen LogP contribution in [-0.2, 0) is 0 Å². The molecule has 4 nitrogen and oxygen atoms in total. The number of nitrogens with zero attached hydrogens (tertiary/aromatic N) is 3. The Balaban J connectivity index is 1.45. The second-order valence-corrected chi connectivity index (χ2v) is 9.97. The summed E-state index contributed by atoms with van der Waals surface area (Å²) in [6.45, 7) is 0. The van der Waals surface area contributed by atoms with Crippen molar-refractivity contribution in [1.29, 1.82) is 0 Å². The molecule has 0 aliphatic carbocycles. The van der Waals surface area contributed by atoms with E-state index in [1.165, 1.54) is 0 Å². The van der Waals surface area contributed by atoms with E-state index in [4.69, 9.17) is 58.6 Å². The lowest BCUT2D eigenvalue weighted by atomic mass is 9.59. The van der Waals surface area contributed by atoms with Crippen molar-refractivity contribution in [3.63, 3.8) is 0 Å². The van der Waals surface area contributed by atoms with Gasteiger partial charge in [0.1, 0.15) is 50.4 Å². The van der Waals surface area contributed by atoms with E-state index in [1.807, 2.05) is 97.1 Å². The first-order chi connectivity index (χ1) is 20.4. The third-order valence-corrected chi connectivity index (χ3v) is 7.43. The molecule has 2 aromatic heterocycles. The van der Waals surface area contributed by atoms with E-state index >= 15 is 0 Å². The Morgan fingerprint density at radius 3 is 1.60 bits per heavy atom. The molecule has 10 radical (unpaired) electrons. The fourth-order valence-corrected chi connectivity index (χ4v) is 5.26. The Morgan fingerprint density at radius 2 is 1.00 bits per heavy atom. The van der Waals surface area contributed by atoms with Gasteiger partial charge < -0.3 is 4.42 Å². The summed E-state index contributed by atoms with van der Waals surface area (Å²) in [6, 6.07) is 31.3. The van der Waals surface area contributed by atoms with Gasteiger partial charge in [-0.15, -0.1) is 16.4 Å². The van der Waals surface area contributed by atoms with E-state index < -0.39 is 0 Å². The molecule has 0 aliphatic heterocycles. The van der Waals surface area contributed by atoms with Crippen LogP contribution in [0.4, 0.5) is 0 Å². The van der Waals surface area contributed by atoms with Gasteiger partial charge in [0, 0.05) is 27.5 Å². The van der Waals surface area contributed by atoms with Crippen LogP contribution in [0.3, 0.4) is 0 Å². The summed E-state index contributed by atoms with van der Waals surface area (Å²) >= 11 is 0. The number of hydrogen-bond acceptors (Lipinski definition) is 4. The van der Waals surface area contributed by atoms with E-state index in [1.54, 1.807) is 0 Å². The number of fused-ring (bicyclic) bond motifs is 3. The highest BCUT2D eigenvalue weighted by atomic mass is 16.3. The van der Waals surface area contributed by atoms with Crippen LogP contribution in [0.1, 0.15) is 0 Å². The predicted molar refractivity (Wildman–Crippen MR) is 176 cm³/mol. The van der Waals surface area contributed by atoms with Gasteiger partial charge in [0.05, 0.1) is 0 Å². The van der Waals surface area contributed by atoms with Crippen LogP contribution in [0.5, 0.6) is 0 Å². The van der Waals surface area contributed by atoms with Crippen LogP contribution in [0.2, 0.25) is 0 Å². The zero-order valence-electron chi connectivity index (χ0n) is 22.4. The molecule has 0 atom stereocenters. The monoisotopic (exact) mass is 525 g/mol. The standard InChI is InChI=1S/C33H16B5N3O/c34-26-24(27(35)29(37)30(38)28(26)36)19-14-15-20-23(16-19)42-22-13-7-12-21(25(20)22)33-40-31(17-8-3-1-4-9-17)39-32(41-33)18-10-5-2-6-11-18/h1-16H. The summed E-state index contributed by atoms with van der Waals surface area (Å²) in [6.07, 6.45) is 0. The molecule has 184 valence electrons. The largest absolute Gasteiger partial charge is 0.456 e. The minimum atomic E-state index is 0.172. The maximum absolute atomic E-state index is 6.34. The minimum absolute atomic E-state index is 0.172. The number of furan rings is 1. The van der Waals surface area contributed by atoms with Crippen LogP contribution >= 0.6 is 0 Å². The first kappa shape index (κ1) is 26.2. The quantitative estimate of drug-likeness (QED) is 0.332. The summed E-state index contributed by atoms with van der Waals surface area (Å²) in [4.78, 5) is 14.6. The van der Waals surface area contributed by atoms with Gasteiger partial charge in [0.15, 0.2) is 17.5 Å². The van der Waals surface area contributed by atoms with Crippen molar-refractivity contribution in [3.05, 3.63) is 97.1 Å². The predicted octanol–water partition coefficient (Wildman–Crippen LogP) is 2.41.